The molecule has 5 heteroatoms. The number of rotatable bonds is 5. The number of hydrogen-bond acceptors (Lipinski definition) is 4. The van der Waals surface area contributed by atoms with Gasteiger partial charge in [-0.3, -0.25) is 0 Å². The number of carboxylic acid groups (broad SMARTS) is 1. The lowest BCUT2D eigenvalue weighted by Gasteiger charge is -2.26. The van der Waals surface area contributed by atoms with Gasteiger partial charge >= 0.3 is 5.97 Å². The van der Waals surface area contributed by atoms with Crippen molar-refractivity contribution in [2.45, 2.75) is 37.8 Å². The van der Waals surface area contributed by atoms with Crippen molar-refractivity contribution in [2.75, 3.05) is 5.32 Å². The van der Waals surface area contributed by atoms with Crippen molar-refractivity contribution < 1.29 is 15.0 Å². The monoisotopic (exact) mass is 338 g/mol. The Bertz CT molecular complexity index is 765. The number of aliphatic hydroxyl groups excluding tert-OH is 1. The molecule has 1 heterocycles. The third kappa shape index (κ3) is 4.90. The van der Waals surface area contributed by atoms with Crippen molar-refractivity contribution in [3.63, 3.8) is 0 Å². The van der Waals surface area contributed by atoms with Crippen LogP contribution in [0.25, 0.3) is 17.3 Å². The van der Waals surface area contributed by atoms with E-state index in [2.05, 4.69) is 10.3 Å². The molecule has 0 radical (unpaired) electrons. The zero-order valence-corrected chi connectivity index (χ0v) is 13.9. The minimum atomic E-state index is -0.965. The SMILES string of the molecule is O=C(O)/C=C/c1cccc(-c2cccc(NC3CCC(O)CC3)n2)c1. The van der Waals surface area contributed by atoms with Gasteiger partial charge in [0.15, 0.2) is 0 Å². The maximum atomic E-state index is 10.7. The molecule has 0 bridgehead atoms. The van der Waals surface area contributed by atoms with E-state index in [-0.39, 0.29) is 6.10 Å². The van der Waals surface area contributed by atoms with Crippen LogP contribution in [0.4, 0.5) is 5.82 Å². The molecule has 130 valence electrons. The first kappa shape index (κ1) is 17.2. The number of nitrogens with zero attached hydrogens (tertiary/aromatic N) is 1. The average Bonchev–Trinajstić information content (AvgIpc) is 2.62. The summed E-state index contributed by atoms with van der Waals surface area (Å²) in [5.41, 5.74) is 2.60. The van der Waals surface area contributed by atoms with E-state index in [1.165, 1.54) is 0 Å². The number of hydrogen-bond donors (Lipinski definition) is 3. The van der Waals surface area contributed by atoms with Gasteiger partial charge in [-0.15, -0.1) is 0 Å². The summed E-state index contributed by atoms with van der Waals surface area (Å²) in [7, 11) is 0. The summed E-state index contributed by atoms with van der Waals surface area (Å²) in [4.78, 5) is 15.3. The van der Waals surface area contributed by atoms with E-state index in [1.807, 2.05) is 42.5 Å². The quantitative estimate of drug-likeness (QED) is 0.726. The second-order valence-corrected chi connectivity index (χ2v) is 6.35. The van der Waals surface area contributed by atoms with Crippen LogP contribution < -0.4 is 5.32 Å². The van der Waals surface area contributed by atoms with Gasteiger partial charge in [-0.2, -0.15) is 0 Å². The van der Waals surface area contributed by atoms with E-state index >= 15 is 0 Å². The molecule has 1 aliphatic carbocycles. The minimum Gasteiger partial charge on any atom is -0.478 e. The molecule has 25 heavy (non-hydrogen) atoms. The second kappa shape index (κ2) is 7.94. The number of carbonyl (C=O) groups is 1. The van der Waals surface area contributed by atoms with Gasteiger partial charge in [0, 0.05) is 17.7 Å². The van der Waals surface area contributed by atoms with Gasteiger partial charge in [0.2, 0.25) is 0 Å². The van der Waals surface area contributed by atoms with Crippen LogP contribution in [0.1, 0.15) is 31.2 Å². The fraction of sp³-hybridized carbons (Fsp3) is 0.300. The molecule has 1 saturated carbocycles. The number of pyridine rings is 1. The molecule has 0 unspecified atom stereocenters. The van der Waals surface area contributed by atoms with Crippen LogP contribution in [0.3, 0.4) is 0 Å². The Balaban J connectivity index is 1.75. The number of aliphatic hydroxyl groups is 1. The molecule has 0 spiro atoms. The smallest absolute Gasteiger partial charge is 0.328 e. The van der Waals surface area contributed by atoms with Gasteiger partial charge in [0.25, 0.3) is 0 Å². The summed E-state index contributed by atoms with van der Waals surface area (Å²) in [6.07, 6.45) is 6.08. The molecular formula is C20H22N2O3. The van der Waals surface area contributed by atoms with E-state index < -0.39 is 5.97 Å². The fourth-order valence-electron chi connectivity index (χ4n) is 3.07. The third-order valence-corrected chi connectivity index (χ3v) is 4.40. The summed E-state index contributed by atoms with van der Waals surface area (Å²) in [6.45, 7) is 0. The lowest BCUT2D eigenvalue weighted by atomic mass is 9.93. The molecule has 3 N–H and O–H groups in total. The molecule has 3 rings (SSSR count). The Hall–Kier alpha value is -2.66. The average molecular weight is 338 g/mol. The summed E-state index contributed by atoms with van der Waals surface area (Å²) in [5, 5.41) is 21.8. The molecule has 0 saturated heterocycles. The lowest BCUT2D eigenvalue weighted by molar-refractivity contribution is -0.131. The molecule has 1 aromatic heterocycles. The summed E-state index contributed by atoms with van der Waals surface area (Å²) < 4.78 is 0. The molecule has 0 amide bonds. The van der Waals surface area contributed by atoms with Crippen LogP contribution in [-0.2, 0) is 4.79 Å². The number of aliphatic carboxylic acids is 1. The molecule has 0 aliphatic heterocycles. The van der Waals surface area contributed by atoms with Crippen LogP contribution >= 0.6 is 0 Å². The van der Waals surface area contributed by atoms with Crippen molar-refractivity contribution in [3.05, 3.63) is 54.1 Å². The van der Waals surface area contributed by atoms with Crippen molar-refractivity contribution >= 4 is 17.9 Å². The summed E-state index contributed by atoms with van der Waals surface area (Å²) in [5.74, 6) is -0.141. The van der Waals surface area contributed by atoms with Crippen molar-refractivity contribution in [1.29, 1.82) is 0 Å². The van der Waals surface area contributed by atoms with Crippen molar-refractivity contribution in [3.8, 4) is 11.3 Å². The van der Waals surface area contributed by atoms with Crippen LogP contribution in [0.2, 0.25) is 0 Å². The minimum absolute atomic E-state index is 0.168. The van der Waals surface area contributed by atoms with E-state index in [0.29, 0.717) is 6.04 Å². The topological polar surface area (TPSA) is 82.5 Å². The van der Waals surface area contributed by atoms with Gasteiger partial charge < -0.3 is 15.5 Å². The van der Waals surface area contributed by atoms with Crippen molar-refractivity contribution in [1.82, 2.24) is 4.98 Å². The molecule has 1 fully saturated rings. The molecular weight excluding hydrogens is 316 g/mol. The Morgan fingerprint density at radius 3 is 2.64 bits per heavy atom. The van der Waals surface area contributed by atoms with E-state index in [0.717, 1.165) is 54.4 Å². The third-order valence-electron chi connectivity index (χ3n) is 4.40. The van der Waals surface area contributed by atoms with Crippen LogP contribution in [0, 0.1) is 0 Å². The van der Waals surface area contributed by atoms with Gasteiger partial charge in [0.1, 0.15) is 5.82 Å². The zero-order valence-electron chi connectivity index (χ0n) is 13.9. The number of aromatic nitrogens is 1. The second-order valence-electron chi connectivity index (χ2n) is 6.35. The first-order valence-corrected chi connectivity index (χ1v) is 8.53. The highest BCUT2D eigenvalue weighted by molar-refractivity contribution is 5.85. The number of nitrogens with one attached hydrogen (secondary N) is 1. The highest BCUT2D eigenvalue weighted by atomic mass is 16.4. The van der Waals surface area contributed by atoms with Gasteiger partial charge in [-0.1, -0.05) is 24.3 Å². The van der Waals surface area contributed by atoms with Gasteiger partial charge in [-0.25, -0.2) is 9.78 Å². The van der Waals surface area contributed by atoms with E-state index in [9.17, 15) is 9.90 Å². The first-order chi connectivity index (χ1) is 12.1. The van der Waals surface area contributed by atoms with Gasteiger partial charge in [-0.05, 0) is 55.5 Å². The number of carboxylic acids is 1. The maximum Gasteiger partial charge on any atom is 0.328 e. The Morgan fingerprint density at radius 2 is 1.88 bits per heavy atom. The number of anilines is 1. The maximum absolute atomic E-state index is 10.7. The lowest BCUT2D eigenvalue weighted by Crippen LogP contribution is -2.28. The predicted octanol–water partition coefficient (Wildman–Crippen LogP) is 3.56. The fourth-order valence-corrected chi connectivity index (χ4v) is 3.07. The summed E-state index contributed by atoms with van der Waals surface area (Å²) >= 11 is 0. The number of benzene rings is 1. The van der Waals surface area contributed by atoms with E-state index in [1.54, 1.807) is 6.08 Å². The molecule has 0 atom stereocenters. The van der Waals surface area contributed by atoms with Crippen LogP contribution in [-0.4, -0.2) is 33.3 Å². The van der Waals surface area contributed by atoms with Crippen molar-refractivity contribution in [2.24, 2.45) is 0 Å². The molecule has 2 aromatic rings. The zero-order chi connectivity index (χ0) is 17.6. The van der Waals surface area contributed by atoms with Crippen LogP contribution in [0.5, 0.6) is 0 Å². The highest BCUT2D eigenvalue weighted by Gasteiger charge is 2.19. The van der Waals surface area contributed by atoms with Crippen LogP contribution in [0.15, 0.2) is 48.5 Å². The van der Waals surface area contributed by atoms with Gasteiger partial charge in [0.05, 0.1) is 11.8 Å². The Labute approximate surface area is 147 Å². The standard InChI is InChI=1S/C20H22N2O3/c23-17-10-8-16(9-11-17)21-19-6-2-5-18(22-19)15-4-1-3-14(13-15)7-12-20(24)25/h1-7,12-13,16-17,23H,8-11H2,(H,21,22)(H,24,25)/b12-7+. The Morgan fingerprint density at radius 1 is 1.12 bits per heavy atom. The normalized spacial score (nSPS) is 20.5. The molecule has 5 nitrogen and oxygen atoms in total. The predicted molar refractivity (Wildman–Crippen MR) is 98.2 cm³/mol. The summed E-state index contributed by atoms with van der Waals surface area (Å²) in [6, 6.07) is 13.8. The van der Waals surface area contributed by atoms with E-state index in [4.69, 9.17) is 5.11 Å². The first-order valence-electron chi connectivity index (χ1n) is 8.53. The Kier molecular flexibility index (Phi) is 5.46. The molecule has 1 aromatic carbocycles. The highest BCUT2D eigenvalue weighted by Crippen LogP contribution is 2.24. The molecule has 1 aliphatic rings. The largest absolute Gasteiger partial charge is 0.478 e.